The highest BCUT2D eigenvalue weighted by Crippen LogP contribution is 2.18. The Morgan fingerprint density at radius 1 is 1.26 bits per heavy atom. The number of aliphatic hydroxyl groups excluding tert-OH is 1. The highest BCUT2D eigenvalue weighted by atomic mass is 35.5. The molecule has 5 heteroatoms. The maximum atomic E-state index is 8.70. The van der Waals surface area contributed by atoms with E-state index in [2.05, 4.69) is 16.0 Å². The normalized spacial score (nSPS) is 11.2. The van der Waals surface area contributed by atoms with E-state index in [9.17, 15) is 0 Å². The number of anilines is 1. The number of hydrogen-bond donors (Lipinski definition) is 1. The first-order valence-corrected chi connectivity index (χ1v) is 7.38. The fourth-order valence-corrected chi connectivity index (χ4v) is 2.20. The van der Waals surface area contributed by atoms with Gasteiger partial charge in [0.1, 0.15) is 0 Å². The molecule has 19 heavy (non-hydrogen) atoms. The van der Waals surface area contributed by atoms with Crippen molar-refractivity contribution in [2.45, 2.75) is 6.92 Å². The second-order valence-electron chi connectivity index (χ2n) is 4.16. The number of hydrogen-bond acceptors (Lipinski definition) is 3. The lowest BCUT2D eigenvalue weighted by Gasteiger charge is -2.23. The molecule has 0 unspecified atom stereocenters. The van der Waals surface area contributed by atoms with Crippen molar-refractivity contribution in [1.82, 2.24) is 0 Å². The van der Waals surface area contributed by atoms with Gasteiger partial charge in [0.05, 0.1) is 13.2 Å². The van der Waals surface area contributed by atoms with E-state index in [0.717, 1.165) is 29.9 Å². The predicted octanol–water partition coefficient (Wildman–Crippen LogP) is 2.69. The lowest BCUT2D eigenvalue weighted by Crippen LogP contribution is -2.27. The summed E-state index contributed by atoms with van der Waals surface area (Å²) < 4.78 is 0. The van der Waals surface area contributed by atoms with Crippen LogP contribution in [-0.2, 0) is 0 Å². The fourth-order valence-electron chi connectivity index (χ4n) is 1.80. The maximum absolute atomic E-state index is 8.70. The van der Waals surface area contributed by atoms with Gasteiger partial charge in [-0.1, -0.05) is 6.07 Å². The number of aliphatic imine (C=N–C) groups is 1. The van der Waals surface area contributed by atoms with Crippen LogP contribution in [0, 0.1) is 6.92 Å². The summed E-state index contributed by atoms with van der Waals surface area (Å²) in [6, 6.07) is 6.19. The third-order valence-electron chi connectivity index (χ3n) is 2.79. The smallest absolute Gasteiger partial charge is 0.0626 e. The average Bonchev–Trinajstić information content (AvgIpc) is 2.40. The first-order chi connectivity index (χ1) is 9.22. The Morgan fingerprint density at radius 2 is 1.95 bits per heavy atom. The standard InChI is InChI=1S/C14H20Cl2N2O/c1-12-10-14(18(7-4-15)8-5-16)3-2-13(12)11-17-6-9-19/h2-3,10-11,19H,4-9H2,1H3. The van der Waals surface area contributed by atoms with Crippen molar-refractivity contribution in [1.29, 1.82) is 0 Å². The van der Waals surface area contributed by atoms with E-state index in [0.29, 0.717) is 18.3 Å². The molecule has 0 aliphatic heterocycles. The maximum Gasteiger partial charge on any atom is 0.0626 e. The molecule has 0 amide bonds. The van der Waals surface area contributed by atoms with E-state index in [1.54, 1.807) is 6.21 Å². The minimum atomic E-state index is 0.0762. The van der Waals surface area contributed by atoms with Crippen LogP contribution in [0.25, 0.3) is 0 Å². The van der Waals surface area contributed by atoms with Gasteiger partial charge in [-0.05, 0) is 30.2 Å². The van der Waals surface area contributed by atoms with Gasteiger partial charge in [-0.2, -0.15) is 0 Å². The number of rotatable bonds is 8. The van der Waals surface area contributed by atoms with Crippen LogP contribution in [0.5, 0.6) is 0 Å². The van der Waals surface area contributed by atoms with Gasteiger partial charge in [0.25, 0.3) is 0 Å². The first-order valence-electron chi connectivity index (χ1n) is 6.31. The van der Waals surface area contributed by atoms with Gasteiger partial charge in [0, 0.05) is 36.8 Å². The van der Waals surface area contributed by atoms with Crippen LogP contribution < -0.4 is 4.90 Å². The molecule has 0 fully saturated rings. The van der Waals surface area contributed by atoms with E-state index < -0.39 is 0 Å². The van der Waals surface area contributed by atoms with E-state index >= 15 is 0 Å². The number of alkyl halides is 2. The van der Waals surface area contributed by atoms with Crippen LogP contribution >= 0.6 is 23.2 Å². The molecule has 0 aliphatic carbocycles. The van der Waals surface area contributed by atoms with Crippen molar-refractivity contribution in [3.63, 3.8) is 0 Å². The molecule has 106 valence electrons. The number of aliphatic hydroxyl groups is 1. The van der Waals surface area contributed by atoms with Crippen LogP contribution in [0.2, 0.25) is 0 Å². The topological polar surface area (TPSA) is 35.8 Å². The number of benzene rings is 1. The monoisotopic (exact) mass is 302 g/mol. The molecule has 0 heterocycles. The summed E-state index contributed by atoms with van der Waals surface area (Å²) in [6.45, 7) is 4.12. The zero-order chi connectivity index (χ0) is 14.1. The molecule has 0 bridgehead atoms. The third kappa shape index (κ3) is 5.39. The Morgan fingerprint density at radius 3 is 2.47 bits per heavy atom. The lowest BCUT2D eigenvalue weighted by atomic mass is 10.1. The van der Waals surface area contributed by atoms with Crippen molar-refractivity contribution in [2.75, 3.05) is 42.9 Å². The van der Waals surface area contributed by atoms with E-state index in [1.807, 2.05) is 19.1 Å². The minimum absolute atomic E-state index is 0.0762. The van der Waals surface area contributed by atoms with Crippen LogP contribution in [-0.4, -0.2) is 49.3 Å². The molecular weight excluding hydrogens is 283 g/mol. The molecule has 0 radical (unpaired) electrons. The Hall–Kier alpha value is -0.770. The second kappa shape index (κ2) is 9.18. The molecule has 0 saturated carbocycles. The lowest BCUT2D eigenvalue weighted by molar-refractivity contribution is 0.307. The summed E-state index contributed by atoms with van der Waals surface area (Å²) in [5, 5.41) is 8.70. The molecule has 1 aromatic carbocycles. The number of nitrogens with zero attached hydrogens (tertiary/aromatic N) is 2. The van der Waals surface area contributed by atoms with Crippen LogP contribution in [0.1, 0.15) is 11.1 Å². The zero-order valence-electron chi connectivity index (χ0n) is 11.1. The van der Waals surface area contributed by atoms with E-state index in [1.165, 1.54) is 0 Å². The largest absolute Gasteiger partial charge is 0.394 e. The van der Waals surface area contributed by atoms with Gasteiger partial charge in [0.2, 0.25) is 0 Å². The van der Waals surface area contributed by atoms with Crippen LogP contribution in [0.3, 0.4) is 0 Å². The summed E-state index contributed by atoms with van der Waals surface area (Å²) in [5.74, 6) is 1.16. The molecule has 0 aliphatic rings. The van der Waals surface area contributed by atoms with Gasteiger partial charge in [-0.25, -0.2) is 0 Å². The highest BCUT2D eigenvalue weighted by molar-refractivity contribution is 6.18. The predicted molar refractivity (Wildman–Crippen MR) is 84.4 cm³/mol. The van der Waals surface area contributed by atoms with Gasteiger partial charge in [-0.15, -0.1) is 23.2 Å². The van der Waals surface area contributed by atoms with Crippen molar-refractivity contribution in [3.8, 4) is 0 Å². The molecule has 1 N–H and O–H groups in total. The molecule has 0 saturated heterocycles. The molecule has 1 aromatic rings. The Bertz CT molecular complexity index is 404. The third-order valence-corrected chi connectivity index (χ3v) is 3.12. The molecule has 0 aromatic heterocycles. The molecule has 0 spiro atoms. The zero-order valence-corrected chi connectivity index (χ0v) is 12.7. The summed E-state index contributed by atoms with van der Waals surface area (Å²) in [6.07, 6.45) is 1.79. The number of aryl methyl sites for hydroxylation is 1. The van der Waals surface area contributed by atoms with Gasteiger partial charge in [-0.3, -0.25) is 4.99 Å². The fraction of sp³-hybridized carbons (Fsp3) is 0.500. The Balaban J connectivity index is 2.84. The molecule has 3 nitrogen and oxygen atoms in total. The van der Waals surface area contributed by atoms with Gasteiger partial charge >= 0.3 is 0 Å². The highest BCUT2D eigenvalue weighted by Gasteiger charge is 2.06. The van der Waals surface area contributed by atoms with Crippen molar-refractivity contribution in [2.24, 2.45) is 4.99 Å². The summed E-state index contributed by atoms with van der Waals surface area (Å²) in [4.78, 5) is 6.31. The van der Waals surface area contributed by atoms with E-state index in [4.69, 9.17) is 28.3 Å². The number of halogens is 2. The van der Waals surface area contributed by atoms with Gasteiger partial charge < -0.3 is 10.0 Å². The van der Waals surface area contributed by atoms with Crippen molar-refractivity contribution < 1.29 is 5.11 Å². The van der Waals surface area contributed by atoms with E-state index in [-0.39, 0.29) is 6.61 Å². The minimum Gasteiger partial charge on any atom is -0.394 e. The summed E-state index contributed by atoms with van der Waals surface area (Å²) >= 11 is 11.6. The summed E-state index contributed by atoms with van der Waals surface area (Å²) in [7, 11) is 0. The second-order valence-corrected chi connectivity index (χ2v) is 4.92. The molecular formula is C14H20Cl2N2O. The molecule has 1 rings (SSSR count). The van der Waals surface area contributed by atoms with Crippen molar-refractivity contribution >= 4 is 35.1 Å². The molecule has 0 atom stereocenters. The Kier molecular flexibility index (Phi) is 7.87. The summed E-state index contributed by atoms with van der Waals surface area (Å²) in [5.41, 5.74) is 3.33. The Labute approximate surface area is 124 Å². The SMILES string of the molecule is Cc1cc(N(CCCl)CCCl)ccc1C=NCCO. The average molecular weight is 303 g/mol. The quantitative estimate of drug-likeness (QED) is 0.592. The van der Waals surface area contributed by atoms with Crippen LogP contribution in [0.15, 0.2) is 23.2 Å². The van der Waals surface area contributed by atoms with Crippen LogP contribution in [0.4, 0.5) is 5.69 Å². The first kappa shape index (κ1) is 16.3. The van der Waals surface area contributed by atoms with Gasteiger partial charge in [0.15, 0.2) is 0 Å². The van der Waals surface area contributed by atoms with Crippen molar-refractivity contribution in [3.05, 3.63) is 29.3 Å².